The molecular formula is C23H27Cl2N3O2. The van der Waals surface area contributed by atoms with Crippen LogP contribution in [-0.4, -0.2) is 47.7 Å². The van der Waals surface area contributed by atoms with Crippen LogP contribution in [0.4, 0.5) is 11.4 Å². The molecule has 2 amide bonds. The van der Waals surface area contributed by atoms with Crippen molar-refractivity contribution in [3.63, 3.8) is 0 Å². The van der Waals surface area contributed by atoms with Crippen LogP contribution in [0.25, 0.3) is 0 Å². The zero-order valence-electron chi connectivity index (χ0n) is 17.5. The number of amides is 2. The molecule has 5 nitrogen and oxygen atoms in total. The number of rotatable bonds is 4. The fraction of sp³-hybridized carbons (Fsp3) is 0.391. The molecule has 0 aliphatic carbocycles. The van der Waals surface area contributed by atoms with E-state index in [1.165, 1.54) is 5.56 Å². The van der Waals surface area contributed by atoms with Crippen LogP contribution in [0.1, 0.15) is 36.7 Å². The summed E-state index contributed by atoms with van der Waals surface area (Å²) in [7, 11) is 0. The number of carbonyl (C=O) groups excluding carboxylic acids is 2. The molecule has 1 N–H and O–H groups in total. The van der Waals surface area contributed by atoms with Gasteiger partial charge < -0.3 is 15.1 Å². The van der Waals surface area contributed by atoms with Crippen LogP contribution in [0, 0.1) is 0 Å². The van der Waals surface area contributed by atoms with Crippen molar-refractivity contribution >= 4 is 46.4 Å². The Morgan fingerprint density at radius 2 is 1.47 bits per heavy atom. The number of piperazine rings is 1. The molecule has 2 aromatic carbocycles. The number of hydrogen-bond donors (Lipinski definition) is 1. The Hall–Kier alpha value is -2.24. The molecule has 3 rings (SSSR count). The standard InChI is InChI=1S/C23H27Cl2N3O2/c1-23(2,3)17-6-4-16(5-7-17)22(30)28-14-12-27(13-15-28)19-10-8-18(9-11-19)26-21(29)20(24)25/h4-11,20H,12-15H2,1-3H3,(H,26,29). The van der Waals surface area contributed by atoms with Gasteiger partial charge in [0, 0.05) is 43.1 Å². The lowest BCUT2D eigenvalue weighted by Gasteiger charge is -2.36. The van der Waals surface area contributed by atoms with Crippen LogP contribution in [0.15, 0.2) is 48.5 Å². The maximum absolute atomic E-state index is 12.9. The smallest absolute Gasteiger partial charge is 0.257 e. The molecule has 7 heteroatoms. The largest absolute Gasteiger partial charge is 0.368 e. The zero-order valence-corrected chi connectivity index (χ0v) is 19.0. The van der Waals surface area contributed by atoms with Gasteiger partial charge in [-0.15, -0.1) is 0 Å². The van der Waals surface area contributed by atoms with Crippen molar-refractivity contribution in [2.75, 3.05) is 36.4 Å². The molecule has 0 radical (unpaired) electrons. The second-order valence-corrected chi connectivity index (χ2v) is 9.54. The highest BCUT2D eigenvalue weighted by molar-refractivity contribution is 6.54. The monoisotopic (exact) mass is 447 g/mol. The molecule has 0 unspecified atom stereocenters. The van der Waals surface area contributed by atoms with Gasteiger partial charge in [-0.05, 0) is 47.4 Å². The Labute approximate surface area is 187 Å². The summed E-state index contributed by atoms with van der Waals surface area (Å²) < 4.78 is 0. The number of anilines is 2. The Morgan fingerprint density at radius 1 is 0.900 bits per heavy atom. The van der Waals surface area contributed by atoms with Crippen molar-refractivity contribution in [2.45, 2.75) is 31.0 Å². The molecule has 0 aromatic heterocycles. The molecule has 2 aromatic rings. The normalized spacial score (nSPS) is 14.7. The quantitative estimate of drug-likeness (QED) is 0.691. The summed E-state index contributed by atoms with van der Waals surface area (Å²) in [4.78, 5) is 27.4. The first-order valence-corrected chi connectivity index (χ1v) is 10.9. The van der Waals surface area contributed by atoms with Gasteiger partial charge >= 0.3 is 0 Å². The number of carbonyl (C=O) groups is 2. The highest BCUT2D eigenvalue weighted by Gasteiger charge is 2.23. The Balaban J connectivity index is 1.56. The predicted molar refractivity (Wildman–Crippen MR) is 124 cm³/mol. The van der Waals surface area contributed by atoms with Crippen molar-refractivity contribution in [1.82, 2.24) is 4.90 Å². The van der Waals surface area contributed by atoms with Crippen LogP contribution < -0.4 is 10.2 Å². The fourth-order valence-corrected chi connectivity index (χ4v) is 3.52. The highest BCUT2D eigenvalue weighted by Crippen LogP contribution is 2.24. The summed E-state index contributed by atoms with van der Waals surface area (Å²) in [5.74, 6) is -0.376. The lowest BCUT2D eigenvalue weighted by molar-refractivity contribution is -0.114. The van der Waals surface area contributed by atoms with Crippen LogP contribution in [0.2, 0.25) is 0 Å². The SMILES string of the molecule is CC(C)(C)c1ccc(C(=O)N2CCN(c3ccc(NC(=O)C(Cl)Cl)cc3)CC2)cc1. The molecule has 1 heterocycles. The molecule has 160 valence electrons. The number of benzene rings is 2. The molecule has 1 saturated heterocycles. The minimum absolute atomic E-state index is 0.0706. The topological polar surface area (TPSA) is 52.7 Å². The summed E-state index contributed by atoms with van der Waals surface area (Å²) in [5.41, 5.74) is 3.70. The predicted octanol–water partition coefficient (Wildman–Crippen LogP) is 4.69. The fourth-order valence-electron chi connectivity index (χ4n) is 3.42. The van der Waals surface area contributed by atoms with Gasteiger partial charge in [-0.25, -0.2) is 0 Å². The van der Waals surface area contributed by atoms with E-state index in [2.05, 4.69) is 31.0 Å². The van der Waals surface area contributed by atoms with E-state index in [9.17, 15) is 9.59 Å². The molecule has 0 atom stereocenters. The highest BCUT2D eigenvalue weighted by atomic mass is 35.5. The van der Waals surface area contributed by atoms with Gasteiger partial charge in [-0.1, -0.05) is 56.1 Å². The molecule has 1 aliphatic rings. The van der Waals surface area contributed by atoms with Gasteiger partial charge in [0.05, 0.1) is 0 Å². The Morgan fingerprint density at radius 3 is 1.97 bits per heavy atom. The first-order valence-electron chi connectivity index (χ1n) is 9.99. The summed E-state index contributed by atoms with van der Waals surface area (Å²) in [5, 5.41) is 2.65. The van der Waals surface area contributed by atoms with E-state index in [-0.39, 0.29) is 11.3 Å². The molecule has 30 heavy (non-hydrogen) atoms. The van der Waals surface area contributed by atoms with Crippen molar-refractivity contribution in [3.05, 3.63) is 59.7 Å². The number of hydrogen-bond acceptors (Lipinski definition) is 3. The minimum Gasteiger partial charge on any atom is -0.368 e. The first kappa shape index (κ1) is 22.4. The van der Waals surface area contributed by atoms with Crippen LogP contribution in [0.3, 0.4) is 0 Å². The van der Waals surface area contributed by atoms with Crippen molar-refractivity contribution in [1.29, 1.82) is 0 Å². The van der Waals surface area contributed by atoms with E-state index in [0.717, 1.165) is 24.3 Å². The summed E-state index contributed by atoms with van der Waals surface area (Å²) >= 11 is 11.1. The van der Waals surface area contributed by atoms with Gasteiger partial charge in [0.15, 0.2) is 4.84 Å². The van der Waals surface area contributed by atoms with E-state index < -0.39 is 10.7 Å². The minimum atomic E-state index is -1.10. The van der Waals surface area contributed by atoms with E-state index >= 15 is 0 Å². The number of halogens is 2. The van der Waals surface area contributed by atoms with E-state index in [4.69, 9.17) is 23.2 Å². The maximum Gasteiger partial charge on any atom is 0.257 e. The maximum atomic E-state index is 12.9. The third-order valence-electron chi connectivity index (χ3n) is 5.26. The summed E-state index contributed by atoms with van der Waals surface area (Å²) in [6, 6.07) is 15.4. The van der Waals surface area contributed by atoms with Crippen molar-refractivity contribution in [2.24, 2.45) is 0 Å². The van der Waals surface area contributed by atoms with Gasteiger partial charge in [-0.3, -0.25) is 9.59 Å². The number of nitrogens with one attached hydrogen (secondary N) is 1. The second-order valence-electron chi connectivity index (χ2n) is 8.44. The summed E-state index contributed by atoms with van der Waals surface area (Å²) in [6.45, 7) is 9.32. The van der Waals surface area contributed by atoms with Gasteiger partial charge in [0.1, 0.15) is 0 Å². The van der Waals surface area contributed by atoms with Gasteiger partial charge in [0.25, 0.3) is 11.8 Å². The average Bonchev–Trinajstić information content (AvgIpc) is 2.73. The lowest BCUT2D eigenvalue weighted by atomic mass is 9.86. The molecule has 0 bridgehead atoms. The molecule has 1 aliphatic heterocycles. The van der Waals surface area contributed by atoms with Crippen molar-refractivity contribution in [3.8, 4) is 0 Å². The van der Waals surface area contributed by atoms with Crippen LogP contribution in [-0.2, 0) is 10.2 Å². The third kappa shape index (κ3) is 5.46. The van der Waals surface area contributed by atoms with E-state index in [1.807, 2.05) is 53.4 Å². The van der Waals surface area contributed by atoms with Gasteiger partial charge in [-0.2, -0.15) is 0 Å². The molecule has 1 fully saturated rings. The van der Waals surface area contributed by atoms with E-state index in [1.54, 1.807) is 0 Å². The Bertz CT molecular complexity index is 882. The third-order valence-corrected chi connectivity index (χ3v) is 5.66. The molecule has 0 spiro atoms. The van der Waals surface area contributed by atoms with Crippen LogP contribution >= 0.6 is 23.2 Å². The second kappa shape index (κ2) is 9.27. The van der Waals surface area contributed by atoms with E-state index in [0.29, 0.717) is 18.8 Å². The first-order chi connectivity index (χ1) is 14.1. The number of nitrogens with zero attached hydrogens (tertiary/aromatic N) is 2. The number of alkyl halides is 2. The molecule has 0 saturated carbocycles. The van der Waals surface area contributed by atoms with Crippen molar-refractivity contribution < 1.29 is 9.59 Å². The van der Waals surface area contributed by atoms with Crippen LogP contribution in [0.5, 0.6) is 0 Å². The Kier molecular flexibility index (Phi) is 6.94. The zero-order chi connectivity index (χ0) is 21.9. The summed E-state index contributed by atoms with van der Waals surface area (Å²) in [6.07, 6.45) is 0. The molecular weight excluding hydrogens is 421 g/mol. The van der Waals surface area contributed by atoms with Gasteiger partial charge in [0.2, 0.25) is 0 Å². The average molecular weight is 448 g/mol. The lowest BCUT2D eigenvalue weighted by Crippen LogP contribution is -2.48.